The number of fused-ring (bicyclic) bond motifs is 1. The van der Waals surface area contributed by atoms with Gasteiger partial charge in [-0.05, 0) is 0 Å². The van der Waals surface area contributed by atoms with Crippen LogP contribution in [0.15, 0.2) is 14.4 Å². The van der Waals surface area contributed by atoms with Crippen molar-refractivity contribution >= 4 is 11.2 Å². The molecule has 0 radical (unpaired) electrons. The number of nitrogens with one attached hydrogen (secondary N) is 4. The molecule has 2 aromatic heterocycles. The molecule has 2 rings (SSSR count). The predicted octanol–water partition coefficient (Wildman–Crippen LogP) is -4.65. The molecule has 0 bridgehead atoms. The number of aromatic amines is 4. The largest absolute Gasteiger partial charge is 1.00 e. The SMILES string of the molecule is O=c1[nH]c(=O)c2[nH]c(=O)[nH]c2[nH]1.[H-].[K+]. The molecule has 0 fully saturated rings. The van der Waals surface area contributed by atoms with Crippen LogP contribution < -0.4 is 68.3 Å². The number of hydrogen-bond donors (Lipinski definition) is 4. The van der Waals surface area contributed by atoms with Gasteiger partial charge in [0.05, 0.1) is 0 Å². The first kappa shape index (κ1) is 10.7. The summed E-state index contributed by atoms with van der Waals surface area (Å²) in [6.07, 6.45) is 0. The third-order valence-corrected chi connectivity index (χ3v) is 1.42. The van der Waals surface area contributed by atoms with Gasteiger partial charge in [0.15, 0.2) is 0 Å². The van der Waals surface area contributed by atoms with Gasteiger partial charge in [-0.15, -0.1) is 0 Å². The van der Waals surface area contributed by atoms with E-state index in [0.717, 1.165) is 0 Å². The van der Waals surface area contributed by atoms with Gasteiger partial charge >= 0.3 is 62.8 Å². The molecule has 0 atom stereocenters. The molecule has 0 saturated carbocycles. The Kier molecular flexibility index (Phi) is 3.08. The van der Waals surface area contributed by atoms with Gasteiger partial charge in [-0.25, -0.2) is 9.59 Å². The van der Waals surface area contributed by atoms with Crippen molar-refractivity contribution in [3.63, 3.8) is 0 Å². The van der Waals surface area contributed by atoms with Crippen LogP contribution in [0.1, 0.15) is 1.43 Å². The molecule has 0 aliphatic heterocycles. The Labute approximate surface area is 114 Å². The maximum atomic E-state index is 10.9. The number of rotatable bonds is 0. The maximum absolute atomic E-state index is 10.9. The van der Waals surface area contributed by atoms with E-state index in [1.165, 1.54) is 0 Å². The smallest absolute Gasteiger partial charge is 1.00 e. The Hall–Kier alpha value is -0.414. The van der Waals surface area contributed by atoms with E-state index in [-0.39, 0.29) is 64.0 Å². The first-order chi connectivity index (χ1) is 5.66. The van der Waals surface area contributed by atoms with Crippen LogP contribution in [0.3, 0.4) is 0 Å². The van der Waals surface area contributed by atoms with Gasteiger partial charge in [0, 0.05) is 0 Å². The third-order valence-electron chi connectivity index (χ3n) is 1.42. The van der Waals surface area contributed by atoms with Crippen LogP contribution in [-0.4, -0.2) is 19.9 Å². The van der Waals surface area contributed by atoms with Crippen LogP contribution in [0.25, 0.3) is 11.2 Å². The third kappa shape index (κ3) is 1.91. The van der Waals surface area contributed by atoms with E-state index in [4.69, 9.17) is 0 Å². The molecule has 4 N–H and O–H groups in total. The van der Waals surface area contributed by atoms with Crippen LogP contribution in [-0.2, 0) is 0 Å². The van der Waals surface area contributed by atoms with Gasteiger partial charge < -0.3 is 1.43 Å². The normalized spacial score (nSPS) is 9.85. The van der Waals surface area contributed by atoms with Crippen molar-refractivity contribution in [1.82, 2.24) is 19.9 Å². The van der Waals surface area contributed by atoms with E-state index in [0.29, 0.717) is 0 Å². The summed E-state index contributed by atoms with van der Waals surface area (Å²) in [6.45, 7) is 0. The van der Waals surface area contributed by atoms with Crippen LogP contribution in [0.4, 0.5) is 0 Å². The fourth-order valence-electron chi connectivity index (χ4n) is 0.958. The van der Waals surface area contributed by atoms with Crippen molar-refractivity contribution in [3.05, 3.63) is 31.3 Å². The average Bonchev–Trinajstić information content (AvgIpc) is 2.29. The molecule has 0 unspecified atom stereocenters. The molecule has 0 amide bonds. The minimum absolute atomic E-state index is 0. The molecule has 64 valence electrons. The maximum Gasteiger partial charge on any atom is 1.00 e. The minimum Gasteiger partial charge on any atom is -1.00 e. The molecule has 13 heavy (non-hydrogen) atoms. The molecule has 0 aromatic carbocycles. The molecular weight excluding hydrogens is 203 g/mol. The summed E-state index contributed by atoms with van der Waals surface area (Å²) in [5.41, 5.74) is -1.65. The molecule has 7 nitrogen and oxygen atoms in total. The van der Waals surface area contributed by atoms with Crippen molar-refractivity contribution in [2.24, 2.45) is 0 Å². The summed E-state index contributed by atoms with van der Waals surface area (Å²) in [5.74, 6) is 0. The molecule has 8 heteroatoms. The van der Waals surface area contributed by atoms with Gasteiger partial charge in [0.25, 0.3) is 5.56 Å². The van der Waals surface area contributed by atoms with E-state index in [1.54, 1.807) is 0 Å². The van der Waals surface area contributed by atoms with E-state index in [2.05, 4.69) is 15.0 Å². The Morgan fingerprint density at radius 3 is 2.00 bits per heavy atom. The van der Waals surface area contributed by atoms with Gasteiger partial charge in [-0.3, -0.25) is 24.7 Å². The average molecular weight is 208 g/mol. The fraction of sp³-hybridized carbons (Fsp3) is 0. The van der Waals surface area contributed by atoms with Crippen molar-refractivity contribution in [3.8, 4) is 0 Å². The zero-order valence-electron chi connectivity index (χ0n) is 7.72. The Morgan fingerprint density at radius 2 is 1.38 bits per heavy atom. The van der Waals surface area contributed by atoms with Crippen molar-refractivity contribution in [2.75, 3.05) is 0 Å². The molecule has 2 aromatic rings. The summed E-state index contributed by atoms with van der Waals surface area (Å²) in [5, 5.41) is 0. The van der Waals surface area contributed by atoms with E-state index < -0.39 is 16.9 Å². The predicted molar refractivity (Wildman–Crippen MR) is 41.3 cm³/mol. The quantitative estimate of drug-likeness (QED) is 0.326. The van der Waals surface area contributed by atoms with Gasteiger partial charge in [0.2, 0.25) is 0 Å². The van der Waals surface area contributed by atoms with Gasteiger partial charge in [-0.2, -0.15) is 0 Å². The first-order valence-electron chi connectivity index (χ1n) is 3.11. The second kappa shape index (κ2) is 3.76. The monoisotopic (exact) mass is 208 g/mol. The zero-order valence-corrected chi connectivity index (χ0v) is 9.85. The summed E-state index contributed by atoms with van der Waals surface area (Å²) in [7, 11) is 0. The molecule has 0 saturated heterocycles. The van der Waals surface area contributed by atoms with Gasteiger partial charge in [-0.1, -0.05) is 0 Å². The fourth-order valence-corrected chi connectivity index (χ4v) is 0.958. The van der Waals surface area contributed by atoms with Crippen molar-refractivity contribution < 1.29 is 52.8 Å². The molecule has 0 aliphatic rings. The number of hydrogen-bond acceptors (Lipinski definition) is 3. The summed E-state index contributed by atoms with van der Waals surface area (Å²) in [4.78, 5) is 41.0. The summed E-state index contributed by atoms with van der Waals surface area (Å²) in [6, 6.07) is 0. The van der Waals surface area contributed by atoms with Crippen molar-refractivity contribution in [2.45, 2.75) is 0 Å². The van der Waals surface area contributed by atoms with Crippen molar-refractivity contribution in [1.29, 1.82) is 0 Å². The second-order valence-electron chi connectivity index (χ2n) is 2.24. The number of aromatic nitrogens is 4. The van der Waals surface area contributed by atoms with Crippen LogP contribution in [0, 0.1) is 0 Å². The van der Waals surface area contributed by atoms with E-state index >= 15 is 0 Å². The Balaban J connectivity index is 0.000000845. The summed E-state index contributed by atoms with van der Waals surface area (Å²) >= 11 is 0. The molecular formula is C5H5KN4O3. The second-order valence-corrected chi connectivity index (χ2v) is 2.24. The van der Waals surface area contributed by atoms with Crippen LogP contribution in [0.2, 0.25) is 0 Å². The number of H-pyrrole nitrogens is 4. The molecule has 0 aliphatic carbocycles. The van der Waals surface area contributed by atoms with Gasteiger partial charge in [0.1, 0.15) is 11.2 Å². The summed E-state index contributed by atoms with van der Waals surface area (Å²) < 4.78 is 0. The molecule has 0 spiro atoms. The van der Waals surface area contributed by atoms with E-state index in [9.17, 15) is 14.4 Å². The van der Waals surface area contributed by atoms with Crippen LogP contribution >= 0.6 is 0 Å². The Bertz CT molecular complexity index is 593. The Morgan fingerprint density at radius 1 is 0.846 bits per heavy atom. The zero-order chi connectivity index (χ0) is 8.72. The first-order valence-corrected chi connectivity index (χ1v) is 3.11. The number of imidazole rings is 1. The topological polar surface area (TPSA) is 114 Å². The standard InChI is InChI=1S/C5H4N4O3.K.H/c10-3-1-2(7-4(11)6-1)8-5(12)9-3;;/h(H4,6,7,8,9,10,11,12);;/q;+1;-1. The van der Waals surface area contributed by atoms with E-state index in [1.807, 2.05) is 4.98 Å². The minimum atomic E-state index is -0.650. The molecule has 2 heterocycles. The van der Waals surface area contributed by atoms with Crippen LogP contribution in [0.5, 0.6) is 0 Å².